The third kappa shape index (κ3) is 3.40. The van der Waals surface area contributed by atoms with Crippen molar-refractivity contribution in [1.29, 1.82) is 0 Å². The number of benzene rings is 2. The van der Waals surface area contributed by atoms with E-state index in [-0.39, 0.29) is 12.2 Å². The Morgan fingerprint density at radius 3 is 2.86 bits per heavy atom. The number of hydrogen-bond donors (Lipinski definition) is 1. The molecule has 0 radical (unpaired) electrons. The standard InChI is InChI=1S/C19H15ClFN5O3/c1-10-5-15(16(29-2)7-13(10)20)23-17(27)8-26-19(28)25-9-22-14-4-3-11(21)6-12(14)18(25)24-26/h3-7,9H,8H2,1-2H3,(H,23,27). The number of ether oxygens (including phenoxy) is 1. The van der Waals surface area contributed by atoms with Gasteiger partial charge in [-0.3, -0.25) is 4.79 Å². The van der Waals surface area contributed by atoms with Crippen LogP contribution in [0, 0.1) is 12.7 Å². The van der Waals surface area contributed by atoms with Crippen LogP contribution in [0.5, 0.6) is 5.75 Å². The minimum absolute atomic E-state index is 0.215. The lowest BCUT2D eigenvalue weighted by atomic mass is 10.2. The maximum absolute atomic E-state index is 13.6. The van der Waals surface area contributed by atoms with Crippen molar-refractivity contribution in [3.63, 3.8) is 0 Å². The number of anilines is 1. The average Bonchev–Trinajstić information content (AvgIpc) is 3.00. The number of aryl methyl sites for hydroxylation is 1. The molecular weight excluding hydrogens is 401 g/mol. The molecule has 0 unspecified atom stereocenters. The van der Waals surface area contributed by atoms with E-state index in [0.717, 1.165) is 10.2 Å². The number of nitrogens with one attached hydrogen (secondary N) is 1. The minimum atomic E-state index is -0.562. The van der Waals surface area contributed by atoms with E-state index in [0.29, 0.717) is 27.4 Å². The molecule has 0 atom stereocenters. The molecule has 1 N–H and O–H groups in total. The molecule has 0 aliphatic heterocycles. The second-order valence-electron chi connectivity index (χ2n) is 6.39. The molecule has 0 aliphatic rings. The smallest absolute Gasteiger partial charge is 0.352 e. The zero-order chi connectivity index (χ0) is 20.7. The molecule has 1 amide bonds. The lowest BCUT2D eigenvalue weighted by Crippen LogP contribution is -2.28. The van der Waals surface area contributed by atoms with Gasteiger partial charge < -0.3 is 10.1 Å². The van der Waals surface area contributed by atoms with Crippen molar-refractivity contribution in [2.45, 2.75) is 13.5 Å². The van der Waals surface area contributed by atoms with Crippen molar-refractivity contribution in [2.24, 2.45) is 0 Å². The Morgan fingerprint density at radius 1 is 1.31 bits per heavy atom. The summed E-state index contributed by atoms with van der Waals surface area (Å²) in [5.74, 6) is -0.571. The second-order valence-corrected chi connectivity index (χ2v) is 6.80. The van der Waals surface area contributed by atoms with Gasteiger partial charge in [0.1, 0.15) is 24.4 Å². The van der Waals surface area contributed by atoms with Crippen molar-refractivity contribution in [3.8, 4) is 5.75 Å². The SMILES string of the molecule is COc1cc(Cl)c(C)cc1NC(=O)Cn1nc2c3cc(F)ccc3ncn2c1=O. The fourth-order valence-electron chi connectivity index (χ4n) is 2.99. The highest BCUT2D eigenvalue weighted by molar-refractivity contribution is 6.31. The maximum Gasteiger partial charge on any atom is 0.352 e. The number of carbonyl (C=O) groups excluding carboxylic acids is 1. The Labute approximate surface area is 168 Å². The van der Waals surface area contributed by atoms with E-state index in [9.17, 15) is 14.0 Å². The van der Waals surface area contributed by atoms with E-state index in [1.165, 1.54) is 36.0 Å². The summed E-state index contributed by atoms with van der Waals surface area (Å²) in [6, 6.07) is 7.28. The van der Waals surface area contributed by atoms with Crippen LogP contribution in [0.2, 0.25) is 5.02 Å². The Hall–Kier alpha value is -3.46. The van der Waals surface area contributed by atoms with Gasteiger partial charge in [-0.15, -0.1) is 5.10 Å². The lowest BCUT2D eigenvalue weighted by molar-refractivity contribution is -0.117. The molecule has 2 aromatic carbocycles. The molecule has 0 saturated carbocycles. The predicted molar refractivity (Wildman–Crippen MR) is 106 cm³/mol. The molecule has 0 spiro atoms. The first-order chi connectivity index (χ1) is 13.9. The Kier molecular flexibility index (Phi) is 4.67. The molecule has 0 fully saturated rings. The van der Waals surface area contributed by atoms with Gasteiger partial charge in [0.15, 0.2) is 5.65 Å². The van der Waals surface area contributed by atoms with Crippen LogP contribution in [0.25, 0.3) is 16.6 Å². The highest BCUT2D eigenvalue weighted by Gasteiger charge is 2.16. The van der Waals surface area contributed by atoms with Crippen molar-refractivity contribution in [2.75, 3.05) is 12.4 Å². The van der Waals surface area contributed by atoms with E-state index >= 15 is 0 Å². The first-order valence-electron chi connectivity index (χ1n) is 8.55. The number of amides is 1. The number of nitrogens with zero attached hydrogens (tertiary/aromatic N) is 4. The first-order valence-corrected chi connectivity index (χ1v) is 8.92. The summed E-state index contributed by atoms with van der Waals surface area (Å²) in [5, 5.41) is 7.75. The zero-order valence-corrected chi connectivity index (χ0v) is 16.2. The fraction of sp³-hybridized carbons (Fsp3) is 0.158. The second kappa shape index (κ2) is 7.17. The van der Waals surface area contributed by atoms with Crippen LogP contribution in [0.4, 0.5) is 10.1 Å². The van der Waals surface area contributed by atoms with Gasteiger partial charge in [-0.2, -0.15) is 0 Å². The highest BCUT2D eigenvalue weighted by atomic mass is 35.5. The van der Waals surface area contributed by atoms with Gasteiger partial charge in [0, 0.05) is 16.5 Å². The molecule has 4 aromatic rings. The van der Waals surface area contributed by atoms with Crippen LogP contribution in [0.15, 0.2) is 41.5 Å². The summed E-state index contributed by atoms with van der Waals surface area (Å²) in [4.78, 5) is 29.2. The molecule has 4 rings (SSSR count). The molecular formula is C19H15ClFN5O3. The Morgan fingerprint density at radius 2 is 2.10 bits per heavy atom. The molecule has 148 valence electrons. The molecule has 2 aromatic heterocycles. The molecule has 0 saturated heterocycles. The maximum atomic E-state index is 13.6. The summed E-state index contributed by atoms with van der Waals surface area (Å²) in [6.07, 6.45) is 1.30. The van der Waals surface area contributed by atoms with Crippen molar-refractivity contribution in [1.82, 2.24) is 19.2 Å². The van der Waals surface area contributed by atoms with Crippen LogP contribution < -0.4 is 15.7 Å². The Balaban J connectivity index is 1.68. The highest BCUT2D eigenvalue weighted by Crippen LogP contribution is 2.30. The number of fused-ring (bicyclic) bond motifs is 3. The summed E-state index contributed by atoms with van der Waals surface area (Å²) >= 11 is 6.07. The quantitative estimate of drug-likeness (QED) is 0.553. The summed E-state index contributed by atoms with van der Waals surface area (Å²) in [5.41, 5.74) is 1.32. The van der Waals surface area contributed by atoms with Gasteiger partial charge in [-0.1, -0.05) is 11.6 Å². The van der Waals surface area contributed by atoms with Crippen molar-refractivity contribution in [3.05, 3.63) is 63.5 Å². The monoisotopic (exact) mass is 415 g/mol. The normalized spacial score (nSPS) is 11.2. The molecule has 10 heteroatoms. The number of aromatic nitrogens is 4. The van der Waals surface area contributed by atoms with E-state index in [2.05, 4.69) is 15.4 Å². The summed E-state index contributed by atoms with van der Waals surface area (Å²) in [6.45, 7) is 1.45. The molecule has 8 nitrogen and oxygen atoms in total. The third-order valence-electron chi connectivity index (χ3n) is 4.43. The number of carbonyl (C=O) groups is 1. The Bertz CT molecular complexity index is 1330. The van der Waals surface area contributed by atoms with Crippen LogP contribution in [-0.4, -0.2) is 32.2 Å². The molecule has 29 heavy (non-hydrogen) atoms. The van der Waals surface area contributed by atoms with E-state index in [1.54, 1.807) is 19.1 Å². The third-order valence-corrected chi connectivity index (χ3v) is 4.84. The van der Waals surface area contributed by atoms with Crippen LogP contribution in [0.3, 0.4) is 0 Å². The molecule has 0 bridgehead atoms. The van der Waals surface area contributed by atoms with Crippen LogP contribution in [0.1, 0.15) is 5.56 Å². The zero-order valence-electron chi connectivity index (χ0n) is 15.4. The average molecular weight is 416 g/mol. The van der Waals surface area contributed by atoms with Gasteiger partial charge >= 0.3 is 5.69 Å². The van der Waals surface area contributed by atoms with Crippen LogP contribution in [-0.2, 0) is 11.3 Å². The molecule has 0 aliphatic carbocycles. The minimum Gasteiger partial charge on any atom is -0.495 e. The first kappa shape index (κ1) is 18.9. The van der Waals surface area contributed by atoms with E-state index in [4.69, 9.17) is 16.3 Å². The number of rotatable bonds is 4. The summed E-state index contributed by atoms with van der Waals surface area (Å²) in [7, 11) is 1.46. The number of methoxy groups -OCH3 is 1. The number of hydrogen-bond acceptors (Lipinski definition) is 5. The van der Waals surface area contributed by atoms with E-state index < -0.39 is 17.4 Å². The van der Waals surface area contributed by atoms with Gasteiger partial charge in [-0.05, 0) is 36.8 Å². The van der Waals surface area contributed by atoms with Gasteiger partial charge in [0.05, 0.1) is 18.3 Å². The van der Waals surface area contributed by atoms with Gasteiger partial charge in [0.2, 0.25) is 5.91 Å². The van der Waals surface area contributed by atoms with E-state index in [1.807, 2.05) is 0 Å². The lowest BCUT2D eigenvalue weighted by Gasteiger charge is -2.12. The largest absolute Gasteiger partial charge is 0.495 e. The van der Waals surface area contributed by atoms with Gasteiger partial charge in [-0.25, -0.2) is 23.3 Å². The summed E-state index contributed by atoms with van der Waals surface area (Å²) < 4.78 is 21.0. The number of halogens is 2. The molecule has 2 heterocycles. The fourth-order valence-corrected chi connectivity index (χ4v) is 3.14. The van der Waals surface area contributed by atoms with Crippen molar-refractivity contribution >= 4 is 39.7 Å². The van der Waals surface area contributed by atoms with Crippen LogP contribution >= 0.6 is 11.6 Å². The van der Waals surface area contributed by atoms with Crippen molar-refractivity contribution < 1.29 is 13.9 Å². The topological polar surface area (TPSA) is 90.5 Å². The van der Waals surface area contributed by atoms with Gasteiger partial charge in [0.25, 0.3) is 0 Å². The predicted octanol–water partition coefficient (Wildman–Crippen LogP) is 2.79.